The van der Waals surface area contributed by atoms with E-state index in [4.69, 9.17) is 9.47 Å². The number of benzene rings is 2. The Hall–Kier alpha value is -2.62. The molecule has 0 fully saturated rings. The van der Waals surface area contributed by atoms with Crippen LogP contribution in [0.4, 0.5) is 0 Å². The Morgan fingerprint density at radius 2 is 1.43 bits per heavy atom. The lowest BCUT2D eigenvalue weighted by molar-refractivity contribution is -0.169. The topological polar surface area (TPSA) is 52.6 Å². The van der Waals surface area contributed by atoms with Gasteiger partial charge in [-0.15, -0.1) is 0 Å². The molecular weight excluding hydrogens is 292 g/mol. The van der Waals surface area contributed by atoms with E-state index in [1.54, 1.807) is 75.4 Å². The normalized spacial score (nSPS) is 13.2. The Balaban J connectivity index is 2.34. The van der Waals surface area contributed by atoms with Crippen molar-refractivity contribution in [3.63, 3.8) is 0 Å². The SMILES string of the molecule is CC(C)OC(=O)[C@@](C)(OC(=O)c1ccccc1)c1ccccc1. The summed E-state index contributed by atoms with van der Waals surface area (Å²) in [6.07, 6.45) is -0.305. The lowest BCUT2D eigenvalue weighted by atomic mass is 9.95. The number of ether oxygens (including phenoxy) is 2. The third-order valence-electron chi connectivity index (χ3n) is 3.36. The first-order valence-electron chi connectivity index (χ1n) is 7.48. The van der Waals surface area contributed by atoms with Crippen LogP contribution in [0.5, 0.6) is 0 Å². The monoisotopic (exact) mass is 312 g/mol. The van der Waals surface area contributed by atoms with Gasteiger partial charge < -0.3 is 9.47 Å². The molecule has 0 unspecified atom stereocenters. The summed E-state index contributed by atoms with van der Waals surface area (Å²) in [5.41, 5.74) is -0.555. The fourth-order valence-electron chi connectivity index (χ4n) is 2.12. The molecule has 4 heteroatoms. The minimum absolute atomic E-state index is 0.305. The highest BCUT2D eigenvalue weighted by Crippen LogP contribution is 2.29. The van der Waals surface area contributed by atoms with Crippen LogP contribution in [-0.4, -0.2) is 18.0 Å². The fraction of sp³-hybridized carbons (Fsp3) is 0.263. The molecule has 0 aromatic heterocycles. The molecule has 2 aromatic carbocycles. The quantitative estimate of drug-likeness (QED) is 0.790. The van der Waals surface area contributed by atoms with E-state index < -0.39 is 17.5 Å². The van der Waals surface area contributed by atoms with Gasteiger partial charge in [-0.05, 0) is 32.9 Å². The minimum atomic E-state index is -1.50. The van der Waals surface area contributed by atoms with Gasteiger partial charge in [0.15, 0.2) is 0 Å². The van der Waals surface area contributed by atoms with Crippen molar-refractivity contribution in [3.8, 4) is 0 Å². The zero-order valence-corrected chi connectivity index (χ0v) is 13.5. The molecule has 1 atom stereocenters. The third-order valence-corrected chi connectivity index (χ3v) is 3.36. The van der Waals surface area contributed by atoms with Gasteiger partial charge in [-0.3, -0.25) is 0 Å². The molecule has 0 saturated carbocycles. The van der Waals surface area contributed by atoms with E-state index in [9.17, 15) is 9.59 Å². The number of hydrogen-bond acceptors (Lipinski definition) is 4. The maximum Gasteiger partial charge on any atom is 0.355 e. The van der Waals surface area contributed by atoms with E-state index in [-0.39, 0.29) is 6.10 Å². The molecule has 0 N–H and O–H groups in total. The number of esters is 2. The van der Waals surface area contributed by atoms with Gasteiger partial charge in [0, 0.05) is 5.56 Å². The Bertz CT molecular complexity index is 664. The van der Waals surface area contributed by atoms with Crippen LogP contribution < -0.4 is 0 Å². The molecule has 120 valence electrons. The maximum absolute atomic E-state index is 12.5. The zero-order valence-electron chi connectivity index (χ0n) is 13.5. The molecule has 0 saturated heterocycles. The highest BCUT2D eigenvalue weighted by atomic mass is 16.6. The smallest absolute Gasteiger partial charge is 0.355 e. The molecule has 23 heavy (non-hydrogen) atoms. The first-order chi connectivity index (χ1) is 10.9. The maximum atomic E-state index is 12.5. The van der Waals surface area contributed by atoms with Crippen LogP contribution in [0, 0.1) is 0 Å². The van der Waals surface area contributed by atoms with Gasteiger partial charge >= 0.3 is 11.9 Å². The van der Waals surface area contributed by atoms with Crippen LogP contribution in [0.1, 0.15) is 36.7 Å². The molecule has 0 bridgehead atoms. The minimum Gasteiger partial charge on any atom is -0.460 e. The molecule has 0 aliphatic heterocycles. The highest BCUT2D eigenvalue weighted by Gasteiger charge is 2.41. The van der Waals surface area contributed by atoms with Crippen LogP contribution in [0.2, 0.25) is 0 Å². The Morgan fingerprint density at radius 1 is 0.913 bits per heavy atom. The Labute approximate surface area is 136 Å². The summed E-state index contributed by atoms with van der Waals surface area (Å²) >= 11 is 0. The van der Waals surface area contributed by atoms with Gasteiger partial charge in [-0.2, -0.15) is 0 Å². The molecule has 0 aliphatic rings. The van der Waals surface area contributed by atoms with E-state index in [0.29, 0.717) is 11.1 Å². The van der Waals surface area contributed by atoms with E-state index in [1.165, 1.54) is 0 Å². The van der Waals surface area contributed by atoms with Crippen molar-refractivity contribution in [1.82, 2.24) is 0 Å². The fourth-order valence-corrected chi connectivity index (χ4v) is 2.12. The van der Waals surface area contributed by atoms with Crippen molar-refractivity contribution < 1.29 is 19.1 Å². The molecule has 2 rings (SSSR count). The van der Waals surface area contributed by atoms with Gasteiger partial charge in [0.05, 0.1) is 11.7 Å². The van der Waals surface area contributed by atoms with Gasteiger partial charge in [0.2, 0.25) is 5.60 Å². The number of rotatable bonds is 5. The van der Waals surface area contributed by atoms with Crippen molar-refractivity contribution >= 4 is 11.9 Å². The van der Waals surface area contributed by atoms with Crippen LogP contribution in [-0.2, 0) is 19.9 Å². The third kappa shape index (κ3) is 3.97. The average molecular weight is 312 g/mol. The van der Waals surface area contributed by atoms with Crippen LogP contribution in [0.25, 0.3) is 0 Å². The predicted molar refractivity (Wildman–Crippen MR) is 86.9 cm³/mol. The number of carbonyl (C=O) groups is 2. The first kappa shape index (κ1) is 16.7. The molecule has 0 aliphatic carbocycles. The standard InChI is InChI=1S/C19H20O4/c1-14(2)22-18(21)19(3,16-12-8-5-9-13-16)23-17(20)15-10-6-4-7-11-15/h4-14H,1-3H3/t19-/m0/s1. The second-order valence-corrected chi connectivity index (χ2v) is 5.61. The van der Waals surface area contributed by atoms with Crippen molar-refractivity contribution in [2.75, 3.05) is 0 Å². The summed E-state index contributed by atoms with van der Waals surface area (Å²) in [5.74, 6) is -1.17. The predicted octanol–water partition coefficient (Wildman–Crippen LogP) is 3.71. The van der Waals surface area contributed by atoms with E-state index in [2.05, 4.69) is 0 Å². The average Bonchev–Trinajstić information content (AvgIpc) is 2.55. The second-order valence-electron chi connectivity index (χ2n) is 5.61. The zero-order chi connectivity index (χ0) is 16.9. The first-order valence-corrected chi connectivity index (χ1v) is 7.48. The van der Waals surface area contributed by atoms with Gasteiger partial charge in [-0.25, -0.2) is 9.59 Å². The summed E-state index contributed by atoms with van der Waals surface area (Å²) in [7, 11) is 0. The second kappa shape index (κ2) is 7.09. The van der Waals surface area contributed by atoms with E-state index >= 15 is 0 Å². The molecule has 4 nitrogen and oxygen atoms in total. The Kier molecular flexibility index (Phi) is 5.16. The van der Waals surface area contributed by atoms with Crippen LogP contribution in [0.3, 0.4) is 0 Å². The van der Waals surface area contributed by atoms with Crippen molar-refractivity contribution in [2.45, 2.75) is 32.5 Å². The molecule has 0 amide bonds. The van der Waals surface area contributed by atoms with Crippen molar-refractivity contribution in [2.24, 2.45) is 0 Å². The molecule has 0 radical (unpaired) electrons. The lowest BCUT2D eigenvalue weighted by Crippen LogP contribution is -2.40. The Morgan fingerprint density at radius 3 is 1.96 bits per heavy atom. The number of hydrogen-bond donors (Lipinski definition) is 0. The summed E-state index contributed by atoms with van der Waals surface area (Å²) in [4.78, 5) is 24.9. The van der Waals surface area contributed by atoms with Crippen molar-refractivity contribution in [3.05, 3.63) is 71.8 Å². The van der Waals surface area contributed by atoms with Gasteiger partial charge in [0.25, 0.3) is 0 Å². The molecular formula is C19H20O4. The van der Waals surface area contributed by atoms with Crippen LogP contribution >= 0.6 is 0 Å². The van der Waals surface area contributed by atoms with E-state index in [0.717, 1.165) is 0 Å². The lowest BCUT2D eigenvalue weighted by Gasteiger charge is -2.28. The molecule has 0 spiro atoms. The van der Waals surface area contributed by atoms with Gasteiger partial charge in [-0.1, -0.05) is 48.5 Å². The summed E-state index contributed by atoms with van der Waals surface area (Å²) in [6, 6.07) is 17.4. The molecule has 2 aromatic rings. The van der Waals surface area contributed by atoms with E-state index in [1.807, 2.05) is 6.07 Å². The van der Waals surface area contributed by atoms with Crippen LogP contribution in [0.15, 0.2) is 60.7 Å². The summed E-state index contributed by atoms with van der Waals surface area (Å²) in [6.45, 7) is 5.05. The van der Waals surface area contributed by atoms with Gasteiger partial charge in [0.1, 0.15) is 0 Å². The highest BCUT2D eigenvalue weighted by molar-refractivity contribution is 5.93. The van der Waals surface area contributed by atoms with Crippen molar-refractivity contribution in [1.29, 1.82) is 0 Å². The summed E-state index contributed by atoms with van der Waals surface area (Å²) < 4.78 is 10.8. The largest absolute Gasteiger partial charge is 0.460 e. The summed E-state index contributed by atoms with van der Waals surface area (Å²) in [5, 5.41) is 0. The molecule has 0 heterocycles. The number of carbonyl (C=O) groups excluding carboxylic acids is 2.